The van der Waals surface area contributed by atoms with Crippen molar-refractivity contribution >= 4 is 12.0 Å². The molecule has 2 fully saturated rings. The number of carbonyl (C=O) groups is 2. The number of nitrogens with zero attached hydrogens (tertiary/aromatic N) is 2. The largest absolute Gasteiger partial charge is 0.480 e. The van der Waals surface area contributed by atoms with Gasteiger partial charge in [0.1, 0.15) is 12.2 Å². The quantitative estimate of drug-likeness (QED) is 0.772. The summed E-state index contributed by atoms with van der Waals surface area (Å²) >= 11 is 0. The van der Waals surface area contributed by atoms with Crippen molar-refractivity contribution in [1.82, 2.24) is 9.80 Å². The van der Waals surface area contributed by atoms with Gasteiger partial charge in [0.15, 0.2) is 0 Å². The minimum Gasteiger partial charge on any atom is -0.480 e. The van der Waals surface area contributed by atoms with E-state index in [-0.39, 0.29) is 25.3 Å². The van der Waals surface area contributed by atoms with E-state index in [0.29, 0.717) is 19.5 Å². The van der Waals surface area contributed by atoms with Gasteiger partial charge in [-0.1, -0.05) is 0 Å². The van der Waals surface area contributed by atoms with Gasteiger partial charge in [-0.2, -0.15) is 0 Å². The van der Waals surface area contributed by atoms with E-state index in [2.05, 4.69) is 0 Å². The van der Waals surface area contributed by atoms with Crippen LogP contribution in [0.3, 0.4) is 0 Å². The van der Waals surface area contributed by atoms with Crippen LogP contribution in [0.5, 0.6) is 0 Å². The van der Waals surface area contributed by atoms with Crippen molar-refractivity contribution in [1.29, 1.82) is 0 Å². The molecule has 1 atom stereocenters. The van der Waals surface area contributed by atoms with Crippen LogP contribution in [-0.2, 0) is 9.53 Å². The minimum absolute atomic E-state index is 0.0236. The standard InChI is InChI=1S/C14H24N2O5/c1-14(21-8-12(18)19)9-15(10-14)13(20)16-6-3-2-4-11(16)5-7-17/h11,17H,2-10H2,1H3,(H,18,19). The van der Waals surface area contributed by atoms with E-state index in [1.54, 1.807) is 4.90 Å². The van der Waals surface area contributed by atoms with Gasteiger partial charge < -0.3 is 24.7 Å². The first-order chi connectivity index (χ1) is 9.95. The average Bonchev–Trinajstić information content (AvgIpc) is 2.42. The van der Waals surface area contributed by atoms with Gasteiger partial charge >= 0.3 is 12.0 Å². The number of aliphatic carboxylic acids is 1. The van der Waals surface area contributed by atoms with Gasteiger partial charge in [-0.25, -0.2) is 9.59 Å². The molecule has 120 valence electrons. The number of carbonyl (C=O) groups excluding carboxylic acids is 1. The molecule has 2 heterocycles. The first-order valence-electron chi connectivity index (χ1n) is 7.47. The van der Waals surface area contributed by atoms with Crippen molar-refractivity contribution in [3.63, 3.8) is 0 Å². The van der Waals surface area contributed by atoms with Crippen LogP contribution in [0.1, 0.15) is 32.6 Å². The van der Waals surface area contributed by atoms with Gasteiger partial charge in [-0.15, -0.1) is 0 Å². The topological polar surface area (TPSA) is 90.3 Å². The fraction of sp³-hybridized carbons (Fsp3) is 0.857. The number of ether oxygens (including phenoxy) is 1. The molecule has 2 saturated heterocycles. The van der Waals surface area contributed by atoms with Crippen LogP contribution in [0.2, 0.25) is 0 Å². The fourth-order valence-corrected chi connectivity index (χ4v) is 3.11. The molecule has 0 bridgehead atoms. The number of piperidine rings is 1. The van der Waals surface area contributed by atoms with Gasteiger partial charge in [-0.05, 0) is 32.6 Å². The number of likely N-dealkylation sites (tertiary alicyclic amines) is 2. The Bertz CT molecular complexity index is 393. The monoisotopic (exact) mass is 300 g/mol. The Balaban J connectivity index is 1.85. The number of carboxylic acids is 1. The zero-order valence-corrected chi connectivity index (χ0v) is 12.5. The molecule has 2 N–H and O–H groups in total. The van der Waals surface area contributed by atoms with Crippen LogP contribution in [0.4, 0.5) is 4.79 Å². The fourth-order valence-electron chi connectivity index (χ4n) is 3.11. The third kappa shape index (κ3) is 3.85. The number of hydrogen-bond donors (Lipinski definition) is 2. The van der Waals surface area contributed by atoms with Crippen LogP contribution >= 0.6 is 0 Å². The van der Waals surface area contributed by atoms with E-state index in [9.17, 15) is 9.59 Å². The van der Waals surface area contributed by atoms with Crippen LogP contribution in [0, 0.1) is 0 Å². The molecule has 7 heteroatoms. The second-order valence-corrected chi connectivity index (χ2v) is 6.13. The summed E-state index contributed by atoms with van der Waals surface area (Å²) in [6, 6.07) is 0.0904. The predicted octanol–water partition coefficient (Wildman–Crippen LogP) is 0.519. The highest BCUT2D eigenvalue weighted by Crippen LogP contribution is 2.28. The molecule has 0 spiro atoms. The Morgan fingerprint density at radius 2 is 2.05 bits per heavy atom. The third-order valence-corrected chi connectivity index (χ3v) is 4.20. The molecule has 2 amide bonds. The molecule has 7 nitrogen and oxygen atoms in total. The maximum atomic E-state index is 12.5. The van der Waals surface area contributed by atoms with Gasteiger partial charge in [0.2, 0.25) is 0 Å². The zero-order chi connectivity index (χ0) is 15.5. The lowest BCUT2D eigenvalue weighted by atomic mass is 9.95. The third-order valence-electron chi connectivity index (χ3n) is 4.20. The molecular weight excluding hydrogens is 276 g/mol. The van der Waals surface area contributed by atoms with Gasteiger partial charge in [0.25, 0.3) is 0 Å². The number of urea groups is 1. The molecule has 2 aliphatic heterocycles. The highest BCUT2D eigenvalue weighted by Gasteiger charge is 2.45. The molecule has 0 saturated carbocycles. The number of aliphatic hydroxyl groups excluding tert-OH is 1. The van der Waals surface area contributed by atoms with E-state index in [0.717, 1.165) is 25.8 Å². The summed E-state index contributed by atoms with van der Waals surface area (Å²) in [5.74, 6) is -1.000. The molecule has 2 rings (SSSR count). The zero-order valence-electron chi connectivity index (χ0n) is 12.5. The van der Waals surface area contributed by atoms with E-state index < -0.39 is 11.6 Å². The smallest absolute Gasteiger partial charge is 0.329 e. The highest BCUT2D eigenvalue weighted by atomic mass is 16.5. The summed E-state index contributed by atoms with van der Waals surface area (Å²) in [6.45, 7) is 3.14. The molecule has 0 aromatic carbocycles. The summed E-state index contributed by atoms with van der Waals surface area (Å²) < 4.78 is 5.32. The van der Waals surface area contributed by atoms with E-state index >= 15 is 0 Å². The molecule has 0 aliphatic carbocycles. The van der Waals surface area contributed by atoms with Crippen molar-refractivity contribution < 1.29 is 24.5 Å². The molecule has 2 aliphatic rings. The number of amides is 2. The van der Waals surface area contributed by atoms with E-state index in [4.69, 9.17) is 14.9 Å². The maximum Gasteiger partial charge on any atom is 0.329 e. The molecule has 0 aromatic heterocycles. The van der Waals surface area contributed by atoms with Gasteiger partial charge in [-0.3, -0.25) is 0 Å². The van der Waals surface area contributed by atoms with Crippen molar-refractivity contribution in [2.45, 2.75) is 44.2 Å². The van der Waals surface area contributed by atoms with Crippen molar-refractivity contribution in [2.75, 3.05) is 32.8 Å². The Kier molecular flexibility index (Phi) is 5.05. The Labute approximate surface area is 124 Å². The van der Waals surface area contributed by atoms with Gasteiger partial charge in [0, 0.05) is 19.2 Å². The second-order valence-electron chi connectivity index (χ2n) is 6.13. The van der Waals surface area contributed by atoms with Crippen LogP contribution in [0.25, 0.3) is 0 Å². The SMILES string of the molecule is CC1(OCC(=O)O)CN(C(=O)N2CCCCC2CCO)C1. The number of rotatable bonds is 5. The van der Waals surface area contributed by atoms with Crippen LogP contribution in [0.15, 0.2) is 0 Å². The second kappa shape index (κ2) is 6.62. The molecule has 21 heavy (non-hydrogen) atoms. The van der Waals surface area contributed by atoms with E-state index in [1.807, 2.05) is 11.8 Å². The normalized spacial score (nSPS) is 24.6. The number of aliphatic hydroxyl groups is 1. The van der Waals surface area contributed by atoms with Crippen molar-refractivity contribution in [2.24, 2.45) is 0 Å². The molecule has 0 radical (unpaired) electrons. The summed E-state index contributed by atoms with van der Waals surface area (Å²) in [5.41, 5.74) is -0.559. The van der Waals surface area contributed by atoms with Crippen LogP contribution < -0.4 is 0 Å². The summed E-state index contributed by atoms with van der Waals surface area (Å²) in [7, 11) is 0. The van der Waals surface area contributed by atoms with Crippen molar-refractivity contribution in [3.8, 4) is 0 Å². The average molecular weight is 300 g/mol. The molecule has 1 unspecified atom stereocenters. The Morgan fingerprint density at radius 1 is 1.33 bits per heavy atom. The molecular formula is C14H24N2O5. The summed E-state index contributed by atoms with van der Waals surface area (Å²) in [5, 5.41) is 17.7. The van der Waals surface area contributed by atoms with Gasteiger partial charge in [0.05, 0.1) is 13.1 Å². The molecule has 0 aromatic rings. The maximum absolute atomic E-state index is 12.5. The Morgan fingerprint density at radius 3 is 2.67 bits per heavy atom. The first-order valence-corrected chi connectivity index (χ1v) is 7.47. The lowest BCUT2D eigenvalue weighted by molar-refractivity contribution is -0.160. The van der Waals surface area contributed by atoms with E-state index in [1.165, 1.54) is 0 Å². The lowest BCUT2D eigenvalue weighted by Gasteiger charge is -2.50. The first kappa shape index (κ1) is 16.0. The highest BCUT2D eigenvalue weighted by molar-refractivity contribution is 5.76. The minimum atomic E-state index is -1.000. The summed E-state index contributed by atoms with van der Waals surface area (Å²) in [6.07, 6.45) is 3.64. The lowest BCUT2D eigenvalue weighted by Crippen LogP contribution is -2.66. The Hall–Kier alpha value is -1.34. The van der Waals surface area contributed by atoms with Crippen molar-refractivity contribution in [3.05, 3.63) is 0 Å². The number of hydrogen-bond acceptors (Lipinski definition) is 4. The predicted molar refractivity (Wildman–Crippen MR) is 75.0 cm³/mol. The number of carboxylic acid groups (broad SMARTS) is 1. The summed E-state index contributed by atoms with van der Waals surface area (Å²) in [4.78, 5) is 26.6. The van der Waals surface area contributed by atoms with Crippen LogP contribution in [-0.4, -0.2) is 76.5 Å².